The van der Waals surface area contributed by atoms with Gasteiger partial charge in [-0.1, -0.05) is 32.4 Å². The topological polar surface area (TPSA) is 112 Å². The van der Waals surface area contributed by atoms with Crippen LogP contribution < -0.4 is 4.74 Å². The van der Waals surface area contributed by atoms with E-state index in [0.29, 0.717) is 34.9 Å². The van der Waals surface area contributed by atoms with Gasteiger partial charge < -0.3 is 14.3 Å². The van der Waals surface area contributed by atoms with Gasteiger partial charge in [0.15, 0.2) is 25.9 Å². The third-order valence-corrected chi connectivity index (χ3v) is 10.5. The second kappa shape index (κ2) is 9.51. The second-order valence-corrected chi connectivity index (χ2v) is 14.2. The van der Waals surface area contributed by atoms with Crippen LogP contribution in [-0.2, 0) is 9.22 Å². The standard InChI is InChI=1S/C21H28ClN5O4Si/c1-21(2,3)32(4,5)30-11-7-9-16(20(28)29)31-19-14-12-26-27(17(14)24-13-25-19)18-15(22)8-6-10-23-18/h6,8,10,12-13,16H,7,9,11H2,1-5H3,(H,28,29)/t16-/m0/s1. The van der Waals surface area contributed by atoms with Gasteiger partial charge >= 0.3 is 5.97 Å². The number of carbonyl (C=O) groups is 1. The molecule has 0 amide bonds. The maximum absolute atomic E-state index is 11.8. The zero-order valence-corrected chi connectivity index (χ0v) is 20.6. The molecule has 3 rings (SSSR count). The molecule has 0 bridgehead atoms. The molecule has 0 aliphatic rings. The SMILES string of the molecule is CC(C)(C)[Si](C)(C)OCCC[C@H](Oc1ncnc2c1cnn2-c1ncccc1Cl)C(=O)O. The number of rotatable bonds is 9. The van der Waals surface area contributed by atoms with E-state index in [1.807, 2.05) is 0 Å². The fourth-order valence-corrected chi connectivity index (χ4v) is 4.07. The number of carboxylic acid groups (broad SMARTS) is 1. The number of ether oxygens (including phenoxy) is 1. The summed E-state index contributed by atoms with van der Waals surface area (Å²) in [4.78, 5) is 24.4. The minimum absolute atomic E-state index is 0.0962. The number of nitrogens with zero attached hydrogens (tertiary/aromatic N) is 5. The molecule has 0 radical (unpaired) electrons. The van der Waals surface area contributed by atoms with Crippen LogP contribution in [0.15, 0.2) is 30.9 Å². The van der Waals surface area contributed by atoms with E-state index in [4.69, 9.17) is 20.8 Å². The number of pyridine rings is 1. The highest BCUT2D eigenvalue weighted by Gasteiger charge is 2.37. The van der Waals surface area contributed by atoms with Gasteiger partial charge in [0.05, 0.1) is 11.2 Å². The summed E-state index contributed by atoms with van der Waals surface area (Å²) in [6.45, 7) is 11.3. The van der Waals surface area contributed by atoms with Crippen LogP contribution >= 0.6 is 11.6 Å². The summed E-state index contributed by atoms with van der Waals surface area (Å²) in [5, 5.41) is 14.9. The first kappa shape index (κ1) is 24.1. The zero-order chi connectivity index (χ0) is 23.5. The van der Waals surface area contributed by atoms with Crippen molar-refractivity contribution < 1.29 is 19.1 Å². The Morgan fingerprint density at radius 3 is 2.69 bits per heavy atom. The van der Waals surface area contributed by atoms with Gasteiger partial charge in [0.1, 0.15) is 11.7 Å². The van der Waals surface area contributed by atoms with E-state index in [0.717, 1.165) is 0 Å². The smallest absolute Gasteiger partial charge is 0.344 e. The molecule has 3 aromatic rings. The van der Waals surface area contributed by atoms with Crippen LogP contribution in [0.4, 0.5) is 0 Å². The third kappa shape index (κ3) is 5.25. The molecule has 1 N–H and O–H groups in total. The maximum atomic E-state index is 11.8. The molecule has 11 heteroatoms. The van der Waals surface area contributed by atoms with E-state index in [1.165, 1.54) is 17.2 Å². The lowest BCUT2D eigenvalue weighted by Gasteiger charge is -2.36. The second-order valence-electron chi connectivity index (χ2n) is 8.98. The predicted molar refractivity (Wildman–Crippen MR) is 124 cm³/mol. The van der Waals surface area contributed by atoms with Crippen LogP contribution in [0.25, 0.3) is 16.9 Å². The van der Waals surface area contributed by atoms with Gasteiger partial charge in [-0.2, -0.15) is 9.78 Å². The molecule has 0 spiro atoms. The van der Waals surface area contributed by atoms with E-state index in [9.17, 15) is 9.90 Å². The van der Waals surface area contributed by atoms with Crippen molar-refractivity contribution in [2.24, 2.45) is 0 Å². The van der Waals surface area contributed by atoms with E-state index in [1.54, 1.807) is 18.3 Å². The Balaban J connectivity index is 1.74. The molecule has 0 saturated heterocycles. The number of fused-ring (bicyclic) bond motifs is 1. The highest BCUT2D eigenvalue weighted by atomic mass is 35.5. The summed E-state index contributed by atoms with van der Waals surface area (Å²) in [5.41, 5.74) is 0.418. The Labute approximate surface area is 192 Å². The molecule has 9 nitrogen and oxygen atoms in total. The summed E-state index contributed by atoms with van der Waals surface area (Å²) in [7, 11) is -1.89. The number of aromatic nitrogens is 5. The number of carboxylic acids is 1. The fraction of sp³-hybridized carbons (Fsp3) is 0.476. The molecule has 0 aromatic carbocycles. The van der Waals surface area contributed by atoms with Gasteiger partial charge in [-0.3, -0.25) is 0 Å². The van der Waals surface area contributed by atoms with E-state index in [2.05, 4.69) is 53.9 Å². The van der Waals surface area contributed by atoms with Crippen molar-refractivity contribution in [1.82, 2.24) is 24.7 Å². The van der Waals surface area contributed by atoms with E-state index >= 15 is 0 Å². The molecule has 0 aliphatic heterocycles. The Kier molecular flexibility index (Phi) is 7.16. The van der Waals surface area contributed by atoms with Crippen molar-refractivity contribution in [2.45, 2.75) is 57.8 Å². The number of aliphatic carboxylic acids is 1. The van der Waals surface area contributed by atoms with Gasteiger partial charge in [-0.15, -0.1) is 0 Å². The van der Waals surface area contributed by atoms with Gasteiger partial charge in [-0.05, 0) is 43.1 Å². The van der Waals surface area contributed by atoms with Gasteiger partial charge in [0.25, 0.3) is 0 Å². The van der Waals surface area contributed by atoms with Crippen molar-refractivity contribution in [1.29, 1.82) is 0 Å². The lowest BCUT2D eigenvalue weighted by Crippen LogP contribution is -2.41. The molecule has 0 aliphatic carbocycles. The Morgan fingerprint density at radius 1 is 1.28 bits per heavy atom. The molecule has 172 valence electrons. The van der Waals surface area contributed by atoms with Crippen LogP contribution in [0.2, 0.25) is 23.2 Å². The summed E-state index contributed by atoms with van der Waals surface area (Å²) in [6, 6.07) is 3.41. The molecule has 0 saturated carbocycles. The minimum Gasteiger partial charge on any atom is -0.479 e. The predicted octanol–water partition coefficient (Wildman–Crippen LogP) is 4.50. The zero-order valence-electron chi connectivity index (χ0n) is 18.9. The summed E-state index contributed by atoms with van der Waals surface area (Å²) < 4.78 is 13.4. The monoisotopic (exact) mass is 477 g/mol. The van der Waals surface area contributed by atoms with E-state index < -0.39 is 20.4 Å². The largest absolute Gasteiger partial charge is 0.479 e. The first-order valence-electron chi connectivity index (χ1n) is 10.3. The van der Waals surface area contributed by atoms with Crippen molar-refractivity contribution >= 4 is 36.9 Å². The van der Waals surface area contributed by atoms with Crippen molar-refractivity contribution in [2.75, 3.05) is 6.61 Å². The van der Waals surface area contributed by atoms with Crippen LogP contribution in [0.5, 0.6) is 5.88 Å². The first-order valence-corrected chi connectivity index (χ1v) is 13.6. The van der Waals surface area contributed by atoms with Crippen molar-refractivity contribution in [3.63, 3.8) is 0 Å². The Bertz CT molecular complexity index is 1100. The highest BCUT2D eigenvalue weighted by molar-refractivity contribution is 6.74. The van der Waals surface area contributed by atoms with Crippen molar-refractivity contribution in [3.05, 3.63) is 35.9 Å². The Morgan fingerprint density at radius 2 is 2.03 bits per heavy atom. The molecule has 0 fully saturated rings. The molecule has 0 unspecified atom stereocenters. The van der Waals surface area contributed by atoms with E-state index in [-0.39, 0.29) is 17.3 Å². The molecule has 32 heavy (non-hydrogen) atoms. The summed E-state index contributed by atoms with van der Waals surface area (Å²) >= 11 is 6.23. The normalized spacial score (nSPS) is 13.3. The molecule has 1 atom stereocenters. The van der Waals surface area contributed by atoms with Crippen LogP contribution in [0, 0.1) is 0 Å². The molecule has 3 heterocycles. The lowest BCUT2D eigenvalue weighted by atomic mass is 10.2. The first-order chi connectivity index (χ1) is 15.0. The van der Waals surface area contributed by atoms with Gasteiger partial charge in [0, 0.05) is 12.8 Å². The Hall–Kier alpha value is -2.56. The van der Waals surface area contributed by atoms with Crippen LogP contribution in [-0.4, -0.2) is 56.8 Å². The van der Waals surface area contributed by atoms with Crippen molar-refractivity contribution in [3.8, 4) is 11.7 Å². The highest BCUT2D eigenvalue weighted by Crippen LogP contribution is 2.36. The lowest BCUT2D eigenvalue weighted by molar-refractivity contribution is -0.145. The fourth-order valence-electron chi connectivity index (χ4n) is 2.78. The number of hydrogen-bond acceptors (Lipinski definition) is 7. The summed E-state index contributed by atoms with van der Waals surface area (Å²) in [6.07, 6.45) is 4.18. The van der Waals surface area contributed by atoms with Gasteiger partial charge in [-0.25, -0.2) is 19.7 Å². The van der Waals surface area contributed by atoms with Crippen LogP contribution in [0.1, 0.15) is 33.6 Å². The number of halogens is 1. The summed E-state index contributed by atoms with van der Waals surface area (Å²) in [5.74, 6) is -0.512. The minimum atomic E-state index is -1.89. The third-order valence-electron chi connectivity index (χ3n) is 5.68. The molecular formula is C21H28ClN5O4Si. The number of hydrogen-bond donors (Lipinski definition) is 1. The quantitative estimate of drug-likeness (QED) is 0.354. The molecule has 3 aromatic heterocycles. The van der Waals surface area contributed by atoms with Gasteiger partial charge in [0.2, 0.25) is 5.88 Å². The average molecular weight is 478 g/mol. The maximum Gasteiger partial charge on any atom is 0.344 e. The molecular weight excluding hydrogens is 450 g/mol. The van der Waals surface area contributed by atoms with Crippen LogP contribution in [0.3, 0.4) is 0 Å². The average Bonchev–Trinajstić information content (AvgIpc) is 3.14.